The van der Waals surface area contributed by atoms with E-state index in [1.165, 1.54) is 0 Å². The number of hydrogen-bond donors (Lipinski definition) is 2. The topological polar surface area (TPSA) is 66.0 Å². The van der Waals surface area contributed by atoms with E-state index in [0.29, 0.717) is 11.7 Å². The summed E-state index contributed by atoms with van der Waals surface area (Å²) in [5, 5.41) is 8.99. The molecular weight excluding hydrogens is 168 g/mol. The Morgan fingerprint density at radius 2 is 2.46 bits per heavy atom. The molecule has 0 amide bonds. The Morgan fingerprint density at radius 3 is 2.85 bits per heavy atom. The lowest BCUT2D eigenvalue weighted by atomic mass is 10.0. The molecule has 1 aromatic heterocycles. The number of rotatable bonds is 3. The summed E-state index contributed by atoms with van der Waals surface area (Å²) in [6.07, 6.45) is 3.70. The van der Waals surface area contributed by atoms with E-state index in [9.17, 15) is 4.79 Å². The molecule has 1 aliphatic carbocycles. The van der Waals surface area contributed by atoms with E-state index in [1.54, 1.807) is 6.20 Å². The van der Waals surface area contributed by atoms with E-state index in [0.717, 1.165) is 18.5 Å². The fourth-order valence-electron chi connectivity index (χ4n) is 1.56. The number of aromatic amines is 1. The molecule has 70 valence electrons. The van der Waals surface area contributed by atoms with Crippen molar-refractivity contribution in [2.75, 3.05) is 0 Å². The van der Waals surface area contributed by atoms with Gasteiger partial charge in [-0.15, -0.1) is 0 Å². The van der Waals surface area contributed by atoms with Crippen LogP contribution in [-0.4, -0.2) is 21.0 Å². The van der Waals surface area contributed by atoms with E-state index < -0.39 is 11.9 Å². The molecule has 1 heterocycles. The third-order valence-corrected chi connectivity index (χ3v) is 2.38. The predicted octanol–water partition coefficient (Wildman–Crippen LogP) is 1.30. The van der Waals surface area contributed by atoms with Crippen LogP contribution in [0.4, 0.5) is 0 Å². The lowest BCUT2D eigenvalue weighted by Crippen LogP contribution is -2.15. The molecule has 2 rings (SSSR count). The van der Waals surface area contributed by atoms with Gasteiger partial charge in [-0.3, -0.25) is 4.79 Å². The van der Waals surface area contributed by atoms with Crippen LogP contribution in [0.15, 0.2) is 6.20 Å². The molecule has 0 bridgehead atoms. The summed E-state index contributed by atoms with van der Waals surface area (Å²) in [7, 11) is 0. The summed E-state index contributed by atoms with van der Waals surface area (Å²) in [5.74, 6) is -0.291. The third kappa shape index (κ3) is 1.56. The number of aryl methyl sites for hydroxylation is 1. The van der Waals surface area contributed by atoms with Gasteiger partial charge in [-0.05, 0) is 25.7 Å². The summed E-state index contributed by atoms with van der Waals surface area (Å²) in [4.78, 5) is 18.0. The van der Waals surface area contributed by atoms with Gasteiger partial charge in [-0.2, -0.15) is 0 Å². The minimum atomic E-state index is -0.767. The molecule has 0 radical (unpaired) electrons. The monoisotopic (exact) mass is 180 g/mol. The van der Waals surface area contributed by atoms with Crippen molar-refractivity contribution in [3.63, 3.8) is 0 Å². The third-order valence-electron chi connectivity index (χ3n) is 2.38. The molecule has 13 heavy (non-hydrogen) atoms. The zero-order valence-electron chi connectivity index (χ0n) is 7.45. The Kier molecular flexibility index (Phi) is 1.83. The number of imidazole rings is 1. The number of hydrogen-bond acceptors (Lipinski definition) is 2. The minimum absolute atomic E-state index is 0.294. The lowest BCUT2D eigenvalue weighted by molar-refractivity contribution is -0.139. The maximum absolute atomic E-state index is 10.9. The molecule has 1 aliphatic rings. The first-order valence-corrected chi connectivity index (χ1v) is 4.43. The highest BCUT2D eigenvalue weighted by Crippen LogP contribution is 2.41. The highest BCUT2D eigenvalue weighted by Gasteiger charge is 2.39. The number of carboxylic acids is 1. The smallest absolute Gasteiger partial charge is 0.314 e. The first-order chi connectivity index (χ1) is 6.18. The molecule has 1 unspecified atom stereocenters. The van der Waals surface area contributed by atoms with Gasteiger partial charge in [0.2, 0.25) is 0 Å². The summed E-state index contributed by atoms with van der Waals surface area (Å²) >= 11 is 0. The molecule has 1 saturated carbocycles. The Hall–Kier alpha value is -1.32. The number of carboxylic acid groups (broad SMARTS) is 1. The molecule has 0 aromatic carbocycles. The van der Waals surface area contributed by atoms with Crippen LogP contribution in [-0.2, 0) is 4.79 Å². The molecule has 0 saturated heterocycles. The molecule has 1 atom stereocenters. The van der Waals surface area contributed by atoms with Crippen molar-refractivity contribution >= 4 is 5.97 Å². The van der Waals surface area contributed by atoms with E-state index in [2.05, 4.69) is 9.97 Å². The van der Waals surface area contributed by atoms with Gasteiger partial charge in [0.05, 0.1) is 0 Å². The number of aromatic nitrogens is 2. The zero-order valence-corrected chi connectivity index (χ0v) is 7.45. The largest absolute Gasteiger partial charge is 0.481 e. The van der Waals surface area contributed by atoms with Gasteiger partial charge in [0.1, 0.15) is 11.7 Å². The SMILES string of the molecule is Cc1cnc(C(C(=O)O)C2CC2)[nH]1. The average Bonchev–Trinajstić information content (AvgIpc) is 2.76. The maximum Gasteiger partial charge on any atom is 0.314 e. The predicted molar refractivity (Wildman–Crippen MR) is 46.4 cm³/mol. The van der Waals surface area contributed by atoms with Gasteiger partial charge in [-0.1, -0.05) is 0 Å². The van der Waals surface area contributed by atoms with Crippen molar-refractivity contribution in [1.29, 1.82) is 0 Å². The molecule has 0 aliphatic heterocycles. The highest BCUT2D eigenvalue weighted by molar-refractivity contribution is 5.75. The first kappa shape index (κ1) is 8.29. The van der Waals surface area contributed by atoms with Crippen LogP contribution in [0.3, 0.4) is 0 Å². The van der Waals surface area contributed by atoms with Gasteiger partial charge < -0.3 is 10.1 Å². The highest BCUT2D eigenvalue weighted by atomic mass is 16.4. The summed E-state index contributed by atoms with van der Waals surface area (Å²) < 4.78 is 0. The molecule has 1 fully saturated rings. The van der Waals surface area contributed by atoms with Crippen LogP contribution in [0.1, 0.15) is 30.3 Å². The first-order valence-electron chi connectivity index (χ1n) is 4.43. The van der Waals surface area contributed by atoms with E-state index in [4.69, 9.17) is 5.11 Å². The Morgan fingerprint density at radius 1 is 1.77 bits per heavy atom. The van der Waals surface area contributed by atoms with Crippen LogP contribution >= 0.6 is 0 Å². The van der Waals surface area contributed by atoms with Crippen molar-refractivity contribution in [2.45, 2.75) is 25.7 Å². The van der Waals surface area contributed by atoms with Crippen LogP contribution in [0.25, 0.3) is 0 Å². The van der Waals surface area contributed by atoms with Gasteiger partial charge >= 0.3 is 5.97 Å². The van der Waals surface area contributed by atoms with Gasteiger partial charge in [0.25, 0.3) is 0 Å². The number of nitrogens with one attached hydrogen (secondary N) is 1. The number of nitrogens with zero attached hydrogens (tertiary/aromatic N) is 1. The van der Waals surface area contributed by atoms with Crippen molar-refractivity contribution in [3.8, 4) is 0 Å². The number of H-pyrrole nitrogens is 1. The molecule has 1 aromatic rings. The normalized spacial score (nSPS) is 18.5. The Balaban J connectivity index is 2.24. The second-order valence-electron chi connectivity index (χ2n) is 3.60. The van der Waals surface area contributed by atoms with Crippen LogP contribution in [0.5, 0.6) is 0 Å². The molecular formula is C9H12N2O2. The second kappa shape index (κ2) is 2.87. The van der Waals surface area contributed by atoms with Crippen LogP contribution < -0.4 is 0 Å². The van der Waals surface area contributed by atoms with Gasteiger partial charge in [-0.25, -0.2) is 4.98 Å². The zero-order chi connectivity index (χ0) is 9.42. The van der Waals surface area contributed by atoms with Gasteiger partial charge in [0.15, 0.2) is 0 Å². The van der Waals surface area contributed by atoms with Crippen molar-refractivity contribution in [2.24, 2.45) is 5.92 Å². The maximum atomic E-state index is 10.9. The standard InChI is InChI=1S/C9H12N2O2/c1-5-4-10-8(11-5)7(9(12)13)6-2-3-6/h4,6-7H,2-3H2,1H3,(H,10,11)(H,12,13). The number of carbonyl (C=O) groups is 1. The second-order valence-corrected chi connectivity index (χ2v) is 3.60. The van der Waals surface area contributed by atoms with Crippen molar-refractivity contribution < 1.29 is 9.90 Å². The van der Waals surface area contributed by atoms with E-state index in [1.807, 2.05) is 6.92 Å². The van der Waals surface area contributed by atoms with Crippen molar-refractivity contribution in [3.05, 3.63) is 17.7 Å². The van der Waals surface area contributed by atoms with Gasteiger partial charge in [0, 0.05) is 11.9 Å². The Labute approximate surface area is 76.0 Å². The quantitative estimate of drug-likeness (QED) is 0.736. The molecule has 4 heteroatoms. The molecule has 4 nitrogen and oxygen atoms in total. The summed E-state index contributed by atoms with van der Waals surface area (Å²) in [5.41, 5.74) is 0.918. The molecule has 2 N–H and O–H groups in total. The average molecular weight is 180 g/mol. The summed E-state index contributed by atoms with van der Waals surface area (Å²) in [6.45, 7) is 1.88. The van der Waals surface area contributed by atoms with E-state index >= 15 is 0 Å². The Bertz CT molecular complexity index is 328. The lowest BCUT2D eigenvalue weighted by Gasteiger charge is -2.06. The fourth-order valence-corrected chi connectivity index (χ4v) is 1.56. The van der Waals surface area contributed by atoms with Crippen LogP contribution in [0.2, 0.25) is 0 Å². The molecule has 0 spiro atoms. The van der Waals surface area contributed by atoms with E-state index in [-0.39, 0.29) is 0 Å². The number of aliphatic carboxylic acids is 1. The fraction of sp³-hybridized carbons (Fsp3) is 0.556. The van der Waals surface area contributed by atoms with Crippen LogP contribution in [0, 0.1) is 12.8 Å². The van der Waals surface area contributed by atoms with Crippen molar-refractivity contribution in [1.82, 2.24) is 9.97 Å². The summed E-state index contributed by atoms with van der Waals surface area (Å²) in [6, 6.07) is 0. The minimum Gasteiger partial charge on any atom is -0.481 e.